The first-order valence-electron chi connectivity index (χ1n) is 5.29. The molecule has 0 aromatic heterocycles. The van der Waals surface area contributed by atoms with Gasteiger partial charge in [-0.3, -0.25) is 10.1 Å². The Labute approximate surface area is 96.9 Å². The lowest BCUT2D eigenvalue weighted by atomic mass is 9.89. The number of benzene rings is 1. The molecule has 3 rings (SSSR count). The molecule has 6 heteroatoms. The molecule has 17 heavy (non-hydrogen) atoms. The minimum absolute atomic E-state index is 0.0805. The summed E-state index contributed by atoms with van der Waals surface area (Å²) in [7, 11) is 0. The van der Waals surface area contributed by atoms with Gasteiger partial charge in [-0.25, -0.2) is 0 Å². The Balaban J connectivity index is 2.09. The minimum Gasteiger partial charge on any atom is -0.480 e. The first-order chi connectivity index (χ1) is 7.96. The molecule has 0 aliphatic carbocycles. The molecule has 90 valence electrons. The number of carboxylic acids is 1. The molecule has 2 aliphatic heterocycles. The van der Waals surface area contributed by atoms with E-state index in [2.05, 4.69) is 10.6 Å². The smallest absolute Gasteiger partial charge is 0.320 e. The molecule has 0 saturated carbocycles. The number of para-hydroxylation sites is 1. The Hall–Kier alpha value is -1.63. The van der Waals surface area contributed by atoms with Gasteiger partial charge < -0.3 is 20.6 Å². The summed E-state index contributed by atoms with van der Waals surface area (Å²) in [5, 5.41) is 35.0. The van der Waals surface area contributed by atoms with Crippen LogP contribution < -0.4 is 10.6 Å². The van der Waals surface area contributed by atoms with E-state index in [9.17, 15) is 15.0 Å². The van der Waals surface area contributed by atoms with Gasteiger partial charge in [-0.1, -0.05) is 18.2 Å². The molecule has 0 spiro atoms. The number of carbonyl (C=O) groups is 1. The average molecular weight is 236 g/mol. The third kappa shape index (κ3) is 1.17. The number of aliphatic carboxylic acids is 1. The summed E-state index contributed by atoms with van der Waals surface area (Å²) in [5.74, 6) is -2.92. The van der Waals surface area contributed by atoms with Crippen LogP contribution in [0.4, 0.5) is 5.69 Å². The maximum atomic E-state index is 10.9. The van der Waals surface area contributed by atoms with Crippen LogP contribution in [0, 0.1) is 0 Å². The lowest BCUT2D eigenvalue weighted by Gasteiger charge is -2.30. The molecule has 1 aromatic rings. The zero-order chi connectivity index (χ0) is 12.3. The molecule has 1 aromatic carbocycles. The van der Waals surface area contributed by atoms with Gasteiger partial charge in [-0.2, -0.15) is 0 Å². The number of hydrogen-bond acceptors (Lipinski definition) is 5. The lowest BCUT2D eigenvalue weighted by molar-refractivity contribution is -0.139. The fraction of sp³-hybridized carbons (Fsp3) is 0.364. The van der Waals surface area contributed by atoms with Crippen molar-refractivity contribution in [2.24, 2.45) is 0 Å². The Bertz CT molecular complexity index is 506. The number of aliphatic hydroxyl groups is 2. The van der Waals surface area contributed by atoms with Crippen molar-refractivity contribution < 1.29 is 20.1 Å². The number of carboxylic acid groups (broad SMARTS) is 1. The molecule has 1 saturated heterocycles. The predicted octanol–water partition coefficient (Wildman–Crippen LogP) is -0.608. The normalized spacial score (nSPS) is 38.4. The fourth-order valence-corrected chi connectivity index (χ4v) is 2.61. The average Bonchev–Trinajstić information content (AvgIpc) is 2.63. The Morgan fingerprint density at radius 1 is 1.35 bits per heavy atom. The second kappa shape index (κ2) is 2.98. The Morgan fingerprint density at radius 2 is 2.06 bits per heavy atom. The molecule has 1 fully saturated rings. The molecular formula is C11H12N2O4. The molecule has 0 amide bonds. The molecule has 6 nitrogen and oxygen atoms in total. The summed E-state index contributed by atoms with van der Waals surface area (Å²) in [6.45, 7) is 0. The summed E-state index contributed by atoms with van der Waals surface area (Å²) < 4.78 is 0. The van der Waals surface area contributed by atoms with Gasteiger partial charge in [-0.15, -0.1) is 0 Å². The van der Waals surface area contributed by atoms with E-state index < -0.39 is 23.5 Å². The van der Waals surface area contributed by atoms with Crippen LogP contribution in [-0.2, 0) is 10.4 Å². The van der Waals surface area contributed by atoms with E-state index in [0.29, 0.717) is 11.3 Å². The third-order valence-electron chi connectivity index (χ3n) is 3.47. The van der Waals surface area contributed by atoms with Crippen LogP contribution in [0.1, 0.15) is 12.0 Å². The fourth-order valence-electron chi connectivity index (χ4n) is 2.61. The van der Waals surface area contributed by atoms with Gasteiger partial charge in [0.1, 0.15) is 6.04 Å². The van der Waals surface area contributed by atoms with Crippen LogP contribution in [0.3, 0.4) is 0 Å². The van der Waals surface area contributed by atoms with E-state index in [-0.39, 0.29) is 6.42 Å². The van der Waals surface area contributed by atoms with Crippen LogP contribution in [0.5, 0.6) is 0 Å². The molecule has 0 bridgehead atoms. The summed E-state index contributed by atoms with van der Waals surface area (Å²) in [6.07, 6.45) is -0.0805. The highest BCUT2D eigenvalue weighted by molar-refractivity contribution is 5.76. The summed E-state index contributed by atoms with van der Waals surface area (Å²) in [4.78, 5) is 10.9. The van der Waals surface area contributed by atoms with E-state index in [1.54, 1.807) is 24.3 Å². The van der Waals surface area contributed by atoms with Gasteiger partial charge in [-0.05, 0) is 6.07 Å². The van der Waals surface area contributed by atoms with Gasteiger partial charge in [0.05, 0.1) is 0 Å². The van der Waals surface area contributed by atoms with E-state index in [0.717, 1.165) is 0 Å². The van der Waals surface area contributed by atoms with Crippen molar-refractivity contribution in [2.45, 2.75) is 23.9 Å². The maximum Gasteiger partial charge on any atom is 0.320 e. The van der Waals surface area contributed by atoms with Crippen LogP contribution in [0.2, 0.25) is 0 Å². The topological polar surface area (TPSA) is 102 Å². The van der Waals surface area contributed by atoms with E-state index in [1.807, 2.05) is 0 Å². The van der Waals surface area contributed by atoms with Gasteiger partial charge in [0.15, 0.2) is 5.60 Å². The van der Waals surface area contributed by atoms with Gasteiger partial charge in [0, 0.05) is 17.7 Å². The summed E-state index contributed by atoms with van der Waals surface area (Å²) >= 11 is 0. The number of anilines is 1. The highest BCUT2D eigenvalue weighted by Gasteiger charge is 2.64. The van der Waals surface area contributed by atoms with Crippen LogP contribution in [-0.4, -0.2) is 33.2 Å². The molecule has 2 aliphatic rings. The molecule has 0 radical (unpaired) electrons. The van der Waals surface area contributed by atoms with Crippen molar-refractivity contribution in [1.29, 1.82) is 0 Å². The van der Waals surface area contributed by atoms with Gasteiger partial charge in [0.2, 0.25) is 5.85 Å². The van der Waals surface area contributed by atoms with Crippen LogP contribution >= 0.6 is 0 Å². The molecule has 3 atom stereocenters. The standard InChI is InChI=1S/C11H12N2O4/c14-9(15)8-5-10(16)6-3-1-2-4-7(6)12-11(10,17)13-8/h1-4,8,12-13,16-17H,5H2,(H,14,15)/t8-,10-,11-/m0/s1. The number of fused-ring (bicyclic) bond motifs is 3. The van der Waals surface area contributed by atoms with E-state index in [4.69, 9.17) is 5.11 Å². The SMILES string of the molecule is O=C(O)[C@@H]1C[C@]2(O)c3ccccc3N[C@]2(O)N1. The van der Waals surface area contributed by atoms with E-state index in [1.165, 1.54) is 0 Å². The third-order valence-corrected chi connectivity index (χ3v) is 3.47. The zero-order valence-corrected chi connectivity index (χ0v) is 8.84. The van der Waals surface area contributed by atoms with Crippen molar-refractivity contribution in [3.05, 3.63) is 29.8 Å². The quantitative estimate of drug-likeness (QED) is 0.446. The summed E-state index contributed by atoms with van der Waals surface area (Å²) in [6, 6.07) is 5.92. The first-order valence-corrected chi connectivity index (χ1v) is 5.29. The largest absolute Gasteiger partial charge is 0.480 e. The second-order valence-electron chi connectivity index (χ2n) is 4.48. The highest BCUT2D eigenvalue weighted by Crippen LogP contribution is 2.49. The van der Waals surface area contributed by atoms with Crippen LogP contribution in [0.25, 0.3) is 0 Å². The lowest BCUT2D eigenvalue weighted by Crippen LogP contribution is -2.57. The maximum absolute atomic E-state index is 10.9. The summed E-state index contributed by atoms with van der Waals surface area (Å²) in [5.41, 5.74) is -0.500. The Kier molecular flexibility index (Phi) is 1.84. The zero-order valence-electron chi connectivity index (χ0n) is 8.84. The number of hydrogen-bond donors (Lipinski definition) is 5. The molecular weight excluding hydrogens is 224 g/mol. The molecule has 2 heterocycles. The molecule has 0 unspecified atom stereocenters. The second-order valence-corrected chi connectivity index (χ2v) is 4.48. The van der Waals surface area contributed by atoms with Crippen molar-refractivity contribution in [1.82, 2.24) is 5.32 Å². The number of nitrogens with one attached hydrogen (secondary N) is 2. The van der Waals surface area contributed by atoms with Gasteiger partial charge in [0.25, 0.3) is 0 Å². The monoisotopic (exact) mass is 236 g/mol. The number of rotatable bonds is 1. The van der Waals surface area contributed by atoms with Gasteiger partial charge >= 0.3 is 5.97 Å². The highest BCUT2D eigenvalue weighted by atomic mass is 16.4. The van der Waals surface area contributed by atoms with Crippen LogP contribution in [0.15, 0.2) is 24.3 Å². The Morgan fingerprint density at radius 3 is 2.76 bits per heavy atom. The van der Waals surface area contributed by atoms with Crippen molar-refractivity contribution in [2.75, 3.05) is 5.32 Å². The predicted molar refractivity (Wildman–Crippen MR) is 58.1 cm³/mol. The van der Waals surface area contributed by atoms with Crippen molar-refractivity contribution in [3.63, 3.8) is 0 Å². The van der Waals surface area contributed by atoms with E-state index >= 15 is 0 Å². The molecule has 5 N–H and O–H groups in total. The van der Waals surface area contributed by atoms with Crippen molar-refractivity contribution >= 4 is 11.7 Å². The minimum atomic E-state index is -1.82. The first kappa shape index (κ1) is 10.5. The van der Waals surface area contributed by atoms with Crippen molar-refractivity contribution in [3.8, 4) is 0 Å².